The maximum absolute atomic E-state index is 3.77. The third-order valence-electron chi connectivity index (χ3n) is 4.87. The van der Waals surface area contributed by atoms with E-state index in [9.17, 15) is 0 Å². The molecular formula is C19H32N2. The molecule has 0 saturated carbocycles. The van der Waals surface area contributed by atoms with Crippen molar-refractivity contribution in [1.29, 1.82) is 0 Å². The lowest BCUT2D eigenvalue weighted by Gasteiger charge is -2.39. The molecular weight excluding hydrogens is 256 g/mol. The second-order valence-corrected chi connectivity index (χ2v) is 6.85. The van der Waals surface area contributed by atoms with Gasteiger partial charge in [-0.05, 0) is 56.7 Å². The predicted octanol–water partition coefficient (Wildman–Crippen LogP) is 4.16. The third kappa shape index (κ3) is 4.55. The van der Waals surface area contributed by atoms with E-state index in [-0.39, 0.29) is 0 Å². The van der Waals surface area contributed by atoms with Crippen LogP contribution in [0.25, 0.3) is 0 Å². The SMILES string of the molecule is CCCNC(CN1CC(C)CCC1C)c1ccccc1C. The summed E-state index contributed by atoms with van der Waals surface area (Å²) < 4.78 is 0. The molecule has 1 heterocycles. The first-order valence-corrected chi connectivity index (χ1v) is 8.64. The molecule has 1 aliphatic rings. The van der Waals surface area contributed by atoms with E-state index in [1.165, 1.54) is 36.9 Å². The molecule has 0 spiro atoms. The summed E-state index contributed by atoms with van der Waals surface area (Å²) in [5.74, 6) is 0.838. The Morgan fingerprint density at radius 2 is 2.00 bits per heavy atom. The largest absolute Gasteiger partial charge is 0.309 e. The van der Waals surface area contributed by atoms with E-state index in [1.807, 2.05) is 0 Å². The molecule has 0 radical (unpaired) electrons. The molecule has 0 amide bonds. The second kappa shape index (κ2) is 7.95. The summed E-state index contributed by atoms with van der Waals surface area (Å²) in [5, 5.41) is 3.77. The predicted molar refractivity (Wildman–Crippen MR) is 91.6 cm³/mol. The van der Waals surface area contributed by atoms with Crippen LogP contribution in [-0.4, -0.2) is 30.6 Å². The highest BCUT2D eigenvalue weighted by Gasteiger charge is 2.26. The number of benzene rings is 1. The fourth-order valence-electron chi connectivity index (χ4n) is 3.44. The van der Waals surface area contributed by atoms with Gasteiger partial charge in [0.25, 0.3) is 0 Å². The van der Waals surface area contributed by atoms with Crippen molar-refractivity contribution in [2.45, 2.75) is 59.0 Å². The molecule has 1 N–H and O–H groups in total. The summed E-state index contributed by atoms with van der Waals surface area (Å²) in [4.78, 5) is 2.69. The fourth-order valence-corrected chi connectivity index (χ4v) is 3.44. The van der Waals surface area contributed by atoms with Crippen LogP contribution in [0.1, 0.15) is 57.2 Å². The number of piperidine rings is 1. The van der Waals surface area contributed by atoms with Gasteiger partial charge in [0.05, 0.1) is 0 Å². The smallest absolute Gasteiger partial charge is 0.0452 e. The van der Waals surface area contributed by atoms with Crippen molar-refractivity contribution in [1.82, 2.24) is 10.2 Å². The number of hydrogen-bond acceptors (Lipinski definition) is 2. The van der Waals surface area contributed by atoms with Crippen LogP contribution in [0, 0.1) is 12.8 Å². The number of nitrogens with one attached hydrogen (secondary N) is 1. The first-order chi connectivity index (χ1) is 10.1. The average molecular weight is 288 g/mol. The molecule has 118 valence electrons. The molecule has 21 heavy (non-hydrogen) atoms. The number of likely N-dealkylation sites (tertiary alicyclic amines) is 1. The Balaban J connectivity index is 2.10. The average Bonchev–Trinajstić information content (AvgIpc) is 2.48. The van der Waals surface area contributed by atoms with E-state index >= 15 is 0 Å². The minimum atomic E-state index is 0.457. The molecule has 0 bridgehead atoms. The van der Waals surface area contributed by atoms with Crippen molar-refractivity contribution in [3.63, 3.8) is 0 Å². The lowest BCUT2D eigenvalue weighted by Crippen LogP contribution is -2.45. The maximum Gasteiger partial charge on any atom is 0.0452 e. The van der Waals surface area contributed by atoms with Crippen molar-refractivity contribution in [3.8, 4) is 0 Å². The van der Waals surface area contributed by atoms with Crippen molar-refractivity contribution in [2.24, 2.45) is 5.92 Å². The molecule has 1 aliphatic heterocycles. The van der Waals surface area contributed by atoms with Gasteiger partial charge in [-0.1, -0.05) is 38.1 Å². The fraction of sp³-hybridized carbons (Fsp3) is 0.684. The van der Waals surface area contributed by atoms with Gasteiger partial charge in [0.1, 0.15) is 0 Å². The zero-order chi connectivity index (χ0) is 15.2. The Labute approximate surface area is 130 Å². The van der Waals surface area contributed by atoms with Gasteiger partial charge in [0.15, 0.2) is 0 Å². The van der Waals surface area contributed by atoms with Crippen LogP contribution in [0.15, 0.2) is 24.3 Å². The summed E-state index contributed by atoms with van der Waals surface area (Å²) in [6.45, 7) is 12.7. The van der Waals surface area contributed by atoms with Crippen LogP contribution in [0.4, 0.5) is 0 Å². The van der Waals surface area contributed by atoms with Gasteiger partial charge in [-0.2, -0.15) is 0 Å². The molecule has 3 atom stereocenters. The van der Waals surface area contributed by atoms with Gasteiger partial charge in [-0.25, -0.2) is 0 Å². The van der Waals surface area contributed by atoms with Crippen molar-refractivity contribution in [2.75, 3.05) is 19.6 Å². The summed E-state index contributed by atoms with van der Waals surface area (Å²) in [7, 11) is 0. The van der Waals surface area contributed by atoms with Crippen molar-refractivity contribution < 1.29 is 0 Å². The first-order valence-electron chi connectivity index (χ1n) is 8.64. The molecule has 1 fully saturated rings. The monoisotopic (exact) mass is 288 g/mol. The zero-order valence-corrected chi connectivity index (χ0v) is 14.2. The number of nitrogens with zero attached hydrogens (tertiary/aromatic N) is 1. The Hall–Kier alpha value is -0.860. The summed E-state index contributed by atoms with van der Waals surface area (Å²) in [6.07, 6.45) is 3.92. The molecule has 1 aromatic carbocycles. The Morgan fingerprint density at radius 3 is 2.71 bits per heavy atom. The Morgan fingerprint density at radius 1 is 1.24 bits per heavy atom. The minimum absolute atomic E-state index is 0.457. The maximum atomic E-state index is 3.77. The van der Waals surface area contributed by atoms with E-state index < -0.39 is 0 Å². The topological polar surface area (TPSA) is 15.3 Å². The Bertz CT molecular complexity index is 429. The van der Waals surface area contributed by atoms with Gasteiger partial charge in [-0.3, -0.25) is 4.90 Å². The number of rotatable bonds is 6. The molecule has 1 aromatic rings. The lowest BCUT2D eigenvalue weighted by molar-refractivity contribution is 0.112. The molecule has 0 aliphatic carbocycles. The van der Waals surface area contributed by atoms with E-state index in [0.717, 1.165) is 25.0 Å². The highest BCUT2D eigenvalue weighted by molar-refractivity contribution is 5.29. The standard InChI is InChI=1S/C19H32N2/c1-5-12-20-19(18-9-7-6-8-16(18)3)14-21-13-15(2)10-11-17(21)4/h6-9,15,17,19-20H,5,10-14H2,1-4H3. The van der Waals surface area contributed by atoms with E-state index in [0.29, 0.717) is 6.04 Å². The van der Waals surface area contributed by atoms with E-state index in [2.05, 4.69) is 62.2 Å². The number of aryl methyl sites for hydroxylation is 1. The van der Waals surface area contributed by atoms with E-state index in [4.69, 9.17) is 0 Å². The Kier molecular flexibility index (Phi) is 6.25. The van der Waals surface area contributed by atoms with Crippen LogP contribution >= 0.6 is 0 Å². The highest BCUT2D eigenvalue weighted by Crippen LogP contribution is 2.25. The second-order valence-electron chi connectivity index (χ2n) is 6.85. The highest BCUT2D eigenvalue weighted by atomic mass is 15.2. The molecule has 2 nitrogen and oxygen atoms in total. The minimum Gasteiger partial charge on any atom is -0.309 e. The van der Waals surface area contributed by atoms with E-state index in [1.54, 1.807) is 0 Å². The van der Waals surface area contributed by atoms with Crippen molar-refractivity contribution >= 4 is 0 Å². The van der Waals surface area contributed by atoms with Gasteiger partial charge < -0.3 is 5.32 Å². The third-order valence-corrected chi connectivity index (χ3v) is 4.87. The van der Waals surface area contributed by atoms with Crippen LogP contribution in [0.3, 0.4) is 0 Å². The van der Waals surface area contributed by atoms with Gasteiger partial charge >= 0.3 is 0 Å². The van der Waals surface area contributed by atoms with Crippen LogP contribution in [0.2, 0.25) is 0 Å². The summed E-state index contributed by atoms with van der Waals surface area (Å²) >= 11 is 0. The molecule has 2 rings (SSSR count). The van der Waals surface area contributed by atoms with Gasteiger partial charge in [-0.15, -0.1) is 0 Å². The molecule has 3 unspecified atom stereocenters. The summed E-state index contributed by atoms with van der Waals surface area (Å²) in [6, 6.07) is 10.0. The van der Waals surface area contributed by atoms with Crippen LogP contribution in [0.5, 0.6) is 0 Å². The van der Waals surface area contributed by atoms with Gasteiger partial charge in [0.2, 0.25) is 0 Å². The molecule has 1 saturated heterocycles. The van der Waals surface area contributed by atoms with Crippen LogP contribution in [-0.2, 0) is 0 Å². The van der Waals surface area contributed by atoms with Crippen molar-refractivity contribution in [3.05, 3.63) is 35.4 Å². The molecule has 2 heteroatoms. The number of hydrogen-bond donors (Lipinski definition) is 1. The quantitative estimate of drug-likeness (QED) is 0.845. The first kappa shape index (κ1) is 16.5. The summed E-state index contributed by atoms with van der Waals surface area (Å²) in [5.41, 5.74) is 2.88. The zero-order valence-electron chi connectivity index (χ0n) is 14.2. The molecule has 0 aromatic heterocycles. The van der Waals surface area contributed by atoms with Crippen LogP contribution < -0.4 is 5.32 Å². The van der Waals surface area contributed by atoms with Gasteiger partial charge in [0, 0.05) is 25.2 Å². The normalized spacial score (nSPS) is 25.0. The lowest BCUT2D eigenvalue weighted by atomic mass is 9.93.